The van der Waals surface area contributed by atoms with Crippen LogP contribution >= 0.6 is 0 Å². The van der Waals surface area contributed by atoms with Gasteiger partial charge in [-0.3, -0.25) is 20.2 Å². The van der Waals surface area contributed by atoms with E-state index >= 15 is 0 Å². The summed E-state index contributed by atoms with van der Waals surface area (Å²) < 4.78 is 0. The molecule has 19 heavy (non-hydrogen) atoms. The summed E-state index contributed by atoms with van der Waals surface area (Å²) in [7, 11) is 0. The summed E-state index contributed by atoms with van der Waals surface area (Å²) in [6.45, 7) is 1.77. The normalized spacial score (nSPS) is 10.6. The number of rotatable bonds is 2. The van der Waals surface area contributed by atoms with E-state index in [1.54, 1.807) is 25.3 Å². The maximum atomic E-state index is 12.0. The third-order valence-electron chi connectivity index (χ3n) is 2.69. The molecule has 0 aliphatic rings. The summed E-state index contributed by atoms with van der Waals surface area (Å²) in [5.74, 6) is 0.677. The van der Waals surface area contributed by atoms with Crippen LogP contribution in [0.15, 0.2) is 36.5 Å². The molecule has 0 radical (unpaired) electrons. The van der Waals surface area contributed by atoms with Gasteiger partial charge in [0.1, 0.15) is 5.82 Å². The van der Waals surface area contributed by atoms with Crippen molar-refractivity contribution < 1.29 is 4.79 Å². The summed E-state index contributed by atoms with van der Waals surface area (Å²) in [6, 6.07) is 9.08. The number of amides is 1. The SMILES string of the molecule is Cc1nc(NC(=O)c2ccc3ncccc3c2)n[nH]1. The number of hydrogen-bond donors (Lipinski definition) is 2. The Labute approximate surface area is 108 Å². The second kappa shape index (κ2) is 4.49. The molecule has 0 saturated heterocycles. The largest absolute Gasteiger partial charge is 0.289 e. The van der Waals surface area contributed by atoms with Gasteiger partial charge in [0.2, 0.25) is 5.95 Å². The van der Waals surface area contributed by atoms with Crippen molar-refractivity contribution in [2.75, 3.05) is 5.32 Å². The molecule has 0 spiro atoms. The van der Waals surface area contributed by atoms with E-state index in [2.05, 4.69) is 25.5 Å². The molecule has 3 rings (SSSR count). The number of anilines is 1. The zero-order chi connectivity index (χ0) is 13.2. The highest BCUT2D eigenvalue weighted by molar-refractivity contribution is 6.05. The number of nitrogens with zero attached hydrogens (tertiary/aromatic N) is 3. The molecule has 6 heteroatoms. The van der Waals surface area contributed by atoms with E-state index in [0.29, 0.717) is 11.4 Å². The van der Waals surface area contributed by atoms with Gasteiger partial charge in [0.25, 0.3) is 5.91 Å². The zero-order valence-corrected chi connectivity index (χ0v) is 10.2. The number of pyridine rings is 1. The number of aromatic nitrogens is 4. The number of aryl methyl sites for hydroxylation is 1. The molecule has 0 atom stereocenters. The Morgan fingerprint density at radius 2 is 2.21 bits per heavy atom. The van der Waals surface area contributed by atoms with Crippen molar-refractivity contribution in [1.29, 1.82) is 0 Å². The number of fused-ring (bicyclic) bond motifs is 1. The molecule has 6 nitrogen and oxygen atoms in total. The summed E-state index contributed by atoms with van der Waals surface area (Å²) in [4.78, 5) is 20.3. The number of benzene rings is 1. The van der Waals surface area contributed by atoms with Gasteiger partial charge in [0, 0.05) is 17.1 Å². The van der Waals surface area contributed by atoms with Crippen molar-refractivity contribution in [3.63, 3.8) is 0 Å². The van der Waals surface area contributed by atoms with Crippen molar-refractivity contribution >= 4 is 22.8 Å². The average molecular weight is 253 g/mol. The average Bonchev–Trinajstić information content (AvgIpc) is 2.83. The van der Waals surface area contributed by atoms with Crippen molar-refractivity contribution in [2.45, 2.75) is 6.92 Å². The molecule has 1 amide bonds. The standard InChI is InChI=1S/C13H11N5O/c1-8-15-13(18-17-8)16-12(19)10-4-5-11-9(7-10)3-2-6-14-11/h2-7H,1H3,(H2,15,16,17,18,19). The molecule has 1 aromatic carbocycles. The maximum absolute atomic E-state index is 12.0. The van der Waals surface area contributed by atoms with Crippen LogP contribution in [-0.2, 0) is 0 Å². The quantitative estimate of drug-likeness (QED) is 0.730. The summed E-state index contributed by atoms with van der Waals surface area (Å²) in [5, 5.41) is 10.1. The lowest BCUT2D eigenvalue weighted by Gasteiger charge is -2.02. The number of nitrogens with one attached hydrogen (secondary N) is 2. The Kier molecular flexibility index (Phi) is 2.68. The van der Waals surface area contributed by atoms with Gasteiger partial charge in [-0.1, -0.05) is 6.07 Å². The molecule has 0 unspecified atom stereocenters. The molecule has 2 aromatic heterocycles. The molecule has 0 fully saturated rings. The number of carbonyl (C=O) groups is 1. The fourth-order valence-corrected chi connectivity index (χ4v) is 1.79. The minimum absolute atomic E-state index is 0.246. The van der Waals surface area contributed by atoms with Crippen LogP contribution in [0.3, 0.4) is 0 Å². The Balaban J connectivity index is 1.89. The van der Waals surface area contributed by atoms with Gasteiger partial charge in [0.15, 0.2) is 0 Å². The van der Waals surface area contributed by atoms with E-state index < -0.39 is 0 Å². The summed E-state index contributed by atoms with van der Waals surface area (Å²) in [5.41, 5.74) is 1.40. The number of aromatic amines is 1. The van der Waals surface area contributed by atoms with Gasteiger partial charge in [-0.15, -0.1) is 5.10 Å². The van der Waals surface area contributed by atoms with Crippen LogP contribution in [0, 0.1) is 6.92 Å². The summed E-state index contributed by atoms with van der Waals surface area (Å²) >= 11 is 0. The predicted molar refractivity (Wildman–Crippen MR) is 70.8 cm³/mol. The maximum Gasteiger partial charge on any atom is 0.258 e. The number of carbonyl (C=O) groups excluding carboxylic acids is 1. The van der Waals surface area contributed by atoms with E-state index in [4.69, 9.17) is 0 Å². The smallest absolute Gasteiger partial charge is 0.258 e. The Bertz CT molecular complexity index is 749. The third-order valence-corrected chi connectivity index (χ3v) is 2.69. The van der Waals surface area contributed by atoms with E-state index in [9.17, 15) is 4.79 Å². The first-order valence-corrected chi connectivity index (χ1v) is 5.77. The van der Waals surface area contributed by atoms with E-state index in [1.165, 1.54) is 0 Å². The zero-order valence-electron chi connectivity index (χ0n) is 10.2. The molecule has 0 aliphatic heterocycles. The van der Waals surface area contributed by atoms with Crippen LogP contribution in [0.1, 0.15) is 16.2 Å². The number of H-pyrrole nitrogens is 1. The Hall–Kier alpha value is -2.76. The first-order valence-electron chi connectivity index (χ1n) is 5.77. The van der Waals surface area contributed by atoms with Crippen LogP contribution in [0.2, 0.25) is 0 Å². The second-order valence-electron chi connectivity index (χ2n) is 4.11. The lowest BCUT2D eigenvalue weighted by atomic mass is 10.1. The van der Waals surface area contributed by atoms with Gasteiger partial charge in [-0.2, -0.15) is 4.98 Å². The van der Waals surface area contributed by atoms with E-state index in [0.717, 1.165) is 10.9 Å². The van der Waals surface area contributed by atoms with Gasteiger partial charge in [0.05, 0.1) is 5.52 Å². The van der Waals surface area contributed by atoms with Gasteiger partial charge < -0.3 is 0 Å². The first kappa shape index (κ1) is 11.3. The molecule has 0 saturated carbocycles. The molecule has 3 aromatic rings. The fourth-order valence-electron chi connectivity index (χ4n) is 1.79. The van der Waals surface area contributed by atoms with Crippen LogP contribution < -0.4 is 5.32 Å². The van der Waals surface area contributed by atoms with E-state index in [1.807, 2.05) is 18.2 Å². The van der Waals surface area contributed by atoms with Crippen molar-refractivity contribution in [3.8, 4) is 0 Å². The van der Waals surface area contributed by atoms with Crippen LogP contribution in [0.4, 0.5) is 5.95 Å². The van der Waals surface area contributed by atoms with Gasteiger partial charge in [-0.25, -0.2) is 0 Å². The first-order chi connectivity index (χ1) is 9.22. The third kappa shape index (κ3) is 2.28. The Morgan fingerprint density at radius 1 is 1.32 bits per heavy atom. The highest BCUT2D eigenvalue weighted by Gasteiger charge is 2.09. The number of hydrogen-bond acceptors (Lipinski definition) is 4. The Morgan fingerprint density at radius 3 is 3.00 bits per heavy atom. The topological polar surface area (TPSA) is 83.6 Å². The molecule has 2 N–H and O–H groups in total. The highest BCUT2D eigenvalue weighted by atomic mass is 16.1. The minimum Gasteiger partial charge on any atom is -0.289 e. The lowest BCUT2D eigenvalue weighted by Crippen LogP contribution is -2.12. The van der Waals surface area contributed by atoms with Crippen LogP contribution in [0.5, 0.6) is 0 Å². The van der Waals surface area contributed by atoms with Gasteiger partial charge >= 0.3 is 0 Å². The second-order valence-corrected chi connectivity index (χ2v) is 4.11. The van der Waals surface area contributed by atoms with Gasteiger partial charge in [-0.05, 0) is 31.2 Å². The van der Waals surface area contributed by atoms with Crippen molar-refractivity contribution in [1.82, 2.24) is 20.2 Å². The molecule has 2 heterocycles. The molecule has 0 aliphatic carbocycles. The minimum atomic E-state index is -0.246. The lowest BCUT2D eigenvalue weighted by molar-refractivity contribution is 0.102. The van der Waals surface area contributed by atoms with Crippen molar-refractivity contribution in [3.05, 3.63) is 47.9 Å². The van der Waals surface area contributed by atoms with Crippen molar-refractivity contribution in [2.24, 2.45) is 0 Å². The molecule has 94 valence electrons. The van der Waals surface area contributed by atoms with Crippen LogP contribution in [-0.4, -0.2) is 26.1 Å². The van der Waals surface area contributed by atoms with E-state index in [-0.39, 0.29) is 11.9 Å². The summed E-state index contributed by atoms with van der Waals surface area (Å²) in [6.07, 6.45) is 1.72. The monoisotopic (exact) mass is 253 g/mol. The van der Waals surface area contributed by atoms with Crippen LogP contribution in [0.25, 0.3) is 10.9 Å². The fraction of sp³-hybridized carbons (Fsp3) is 0.0769. The molecular formula is C13H11N5O. The molecule has 0 bridgehead atoms. The predicted octanol–water partition coefficient (Wildman–Crippen LogP) is 1.91. The highest BCUT2D eigenvalue weighted by Crippen LogP contribution is 2.14. The molecular weight excluding hydrogens is 242 g/mol.